The maximum Gasteiger partial charge on any atom is -0.0105 e. The van der Waals surface area contributed by atoms with Crippen molar-refractivity contribution < 1.29 is 0 Å². The molecule has 1 aliphatic carbocycles. The van der Waals surface area contributed by atoms with Crippen molar-refractivity contribution in [3.05, 3.63) is 203 Å². The predicted octanol–water partition coefficient (Wildman–Crippen LogP) is 10.5. The molecule has 5 aromatic carbocycles. The molecule has 5 aromatic rings. The van der Waals surface area contributed by atoms with Crippen LogP contribution in [0.1, 0.15) is 46.2 Å². The topological polar surface area (TPSA) is 0 Å². The Morgan fingerprint density at radius 2 is 0.825 bits per heavy atom. The van der Waals surface area contributed by atoms with E-state index in [4.69, 9.17) is 0 Å². The molecule has 1 aliphatic rings. The summed E-state index contributed by atoms with van der Waals surface area (Å²) in [4.78, 5) is 0. The van der Waals surface area contributed by atoms with Crippen LogP contribution < -0.4 is 0 Å². The van der Waals surface area contributed by atoms with E-state index in [9.17, 15) is 0 Å². The van der Waals surface area contributed by atoms with Gasteiger partial charge in [0.15, 0.2) is 0 Å². The highest BCUT2D eigenvalue weighted by Gasteiger charge is 2.11. The lowest BCUT2D eigenvalue weighted by Crippen LogP contribution is -1.95. The van der Waals surface area contributed by atoms with Crippen LogP contribution in [-0.4, -0.2) is 0 Å². The minimum absolute atomic E-state index is 1.03. The largest absolute Gasteiger partial charge is 0.0622 e. The fourth-order valence-electron chi connectivity index (χ4n) is 5.30. The van der Waals surface area contributed by atoms with E-state index in [0.717, 1.165) is 12.8 Å². The molecule has 0 saturated heterocycles. The lowest BCUT2D eigenvalue weighted by molar-refractivity contribution is 1.01. The highest BCUT2D eigenvalue weighted by molar-refractivity contribution is 5.91. The van der Waals surface area contributed by atoms with Crippen LogP contribution in [-0.2, 0) is 0 Å². The number of benzene rings is 5. The zero-order chi connectivity index (χ0) is 27.0. The molecule has 0 saturated carbocycles. The molecule has 0 aromatic heterocycles. The molecule has 0 aliphatic heterocycles. The molecule has 192 valence electrons. The molecule has 0 bridgehead atoms. The second kappa shape index (κ2) is 12.3. The Balaban J connectivity index is 1.27. The van der Waals surface area contributed by atoms with Crippen molar-refractivity contribution in [1.82, 2.24) is 0 Å². The maximum atomic E-state index is 2.36. The third-order valence-electron chi connectivity index (χ3n) is 7.44. The molecule has 6 rings (SSSR count). The van der Waals surface area contributed by atoms with Crippen LogP contribution in [0.2, 0.25) is 0 Å². The van der Waals surface area contributed by atoms with Crippen LogP contribution in [0.5, 0.6) is 0 Å². The van der Waals surface area contributed by atoms with Crippen molar-refractivity contribution >= 4 is 22.8 Å². The lowest BCUT2D eigenvalue weighted by Gasteiger charge is -2.16. The maximum absolute atomic E-state index is 2.36. The molecule has 0 N–H and O–H groups in total. The summed E-state index contributed by atoms with van der Waals surface area (Å²) in [5.74, 6) is 0. The van der Waals surface area contributed by atoms with Crippen LogP contribution >= 0.6 is 0 Å². The molecule has 0 heterocycles. The molecule has 0 radical (unpaired) electrons. The van der Waals surface area contributed by atoms with Gasteiger partial charge in [0.2, 0.25) is 0 Å². The average molecular weight is 513 g/mol. The van der Waals surface area contributed by atoms with Gasteiger partial charge in [-0.1, -0.05) is 164 Å². The quantitative estimate of drug-likeness (QED) is 0.190. The minimum Gasteiger partial charge on any atom is -0.0622 e. The normalized spacial score (nSPS) is 12.6. The van der Waals surface area contributed by atoms with E-state index in [1.54, 1.807) is 0 Å². The average Bonchev–Trinajstić information content (AvgIpc) is 3.05. The van der Waals surface area contributed by atoms with Gasteiger partial charge >= 0.3 is 0 Å². The van der Waals surface area contributed by atoms with Crippen molar-refractivity contribution in [2.24, 2.45) is 0 Å². The SMILES string of the molecule is C1=C(C=C(c2ccccc2)c2ccccc2)CCC(c2ccc(C=C(c3ccccc3)c3ccccc3)cc2)=C1. The van der Waals surface area contributed by atoms with Crippen LogP contribution in [0, 0.1) is 0 Å². The lowest BCUT2D eigenvalue weighted by atomic mass is 9.89. The van der Waals surface area contributed by atoms with Gasteiger partial charge in [-0.25, -0.2) is 0 Å². The van der Waals surface area contributed by atoms with Gasteiger partial charge in [-0.15, -0.1) is 0 Å². The second-order valence-electron chi connectivity index (χ2n) is 10.1. The first kappa shape index (κ1) is 25.3. The Labute approximate surface area is 238 Å². The number of rotatable bonds is 7. The van der Waals surface area contributed by atoms with Crippen molar-refractivity contribution in [2.45, 2.75) is 12.8 Å². The van der Waals surface area contributed by atoms with Crippen LogP contribution in [0.3, 0.4) is 0 Å². The third kappa shape index (κ3) is 6.03. The van der Waals surface area contributed by atoms with E-state index in [0.29, 0.717) is 0 Å². The summed E-state index contributed by atoms with van der Waals surface area (Å²) < 4.78 is 0. The Morgan fingerprint density at radius 1 is 0.400 bits per heavy atom. The molecule has 0 unspecified atom stereocenters. The highest BCUT2D eigenvalue weighted by Crippen LogP contribution is 2.32. The molecule has 0 nitrogen and oxygen atoms in total. The summed E-state index contributed by atoms with van der Waals surface area (Å²) in [5.41, 5.74) is 12.7. The second-order valence-corrected chi connectivity index (χ2v) is 10.1. The van der Waals surface area contributed by atoms with Gasteiger partial charge < -0.3 is 0 Å². The minimum atomic E-state index is 1.03. The van der Waals surface area contributed by atoms with E-state index in [1.165, 1.54) is 55.7 Å². The first-order valence-corrected chi connectivity index (χ1v) is 14.0. The van der Waals surface area contributed by atoms with Crippen LogP contribution in [0.4, 0.5) is 0 Å². The molecule has 0 fully saturated rings. The van der Waals surface area contributed by atoms with E-state index in [2.05, 4.69) is 170 Å². The Bertz CT molecular complexity index is 1580. The number of hydrogen-bond donors (Lipinski definition) is 0. The fraction of sp³-hybridized carbons (Fsp3) is 0.0500. The van der Waals surface area contributed by atoms with Gasteiger partial charge in [0.25, 0.3) is 0 Å². The third-order valence-corrected chi connectivity index (χ3v) is 7.44. The summed E-state index contributed by atoms with van der Waals surface area (Å²) >= 11 is 0. The van der Waals surface area contributed by atoms with Gasteiger partial charge in [-0.2, -0.15) is 0 Å². The van der Waals surface area contributed by atoms with E-state index >= 15 is 0 Å². The van der Waals surface area contributed by atoms with Gasteiger partial charge in [0.1, 0.15) is 0 Å². The smallest absolute Gasteiger partial charge is 0.0105 e. The summed E-state index contributed by atoms with van der Waals surface area (Å²) in [5, 5.41) is 0. The first-order chi connectivity index (χ1) is 19.8. The molecule has 0 atom stereocenters. The molecule has 40 heavy (non-hydrogen) atoms. The van der Waals surface area contributed by atoms with Crippen molar-refractivity contribution in [1.29, 1.82) is 0 Å². The zero-order valence-corrected chi connectivity index (χ0v) is 22.6. The Kier molecular flexibility index (Phi) is 7.78. The first-order valence-electron chi connectivity index (χ1n) is 14.0. The van der Waals surface area contributed by atoms with Crippen molar-refractivity contribution in [3.63, 3.8) is 0 Å². The monoisotopic (exact) mass is 512 g/mol. The standard InChI is InChI=1S/C40H32/c1-5-13-35(14-6-1)39(36-15-7-2-8-16-36)29-31-21-25-33(26-22-31)34-27-23-32(24-28-34)30-40(37-17-9-3-10-18-37)38-19-11-4-12-20-38/h1-23,25-27,29-30H,24,28H2. The Morgan fingerprint density at radius 3 is 1.23 bits per heavy atom. The predicted molar refractivity (Wildman–Crippen MR) is 172 cm³/mol. The summed E-state index contributed by atoms with van der Waals surface area (Å²) in [6.45, 7) is 0. The zero-order valence-electron chi connectivity index (χ0n) is 22.6. The summed E-state index contributed by atoms with van der Waals surface area (Å²) in [7, 11) is 0. The van der Waals surface area contributed by atoms with E-state index in [1.807, 2.05) is 0 Å². The molecule has 0 spiro atoms. The summed E-state index contributed by atoms with van der Waals surface area (Å²) in [6.07, 6.45) is 11.3. The van der Waals surface area contributed by atoms with Gasteiger partial charge in [0, 0.05) is 0 Å². The molecule has 0 amide bonds. The van der Waals surface area contributed by atoms with Gasteiger partial charge in [-0.05, 0) is 74.6 Å². The van der Waals surface area contributed by atoms with Gasteiger partial charge in [-0.3, -0.25) is 0 Å². The molecular weight excluding hydrogens is 480 g/mol. The number of hydrogen-bond acceptors (Lipinski definition) is 0. The van der Waals surface area contributed by atoms with Crippen molar-refractivity contribution in [2.75, 3.05) is 0 Å². The molecule has 0 heteroatoms. The van der Waals surface area contributed by atoms with E-state index < -0.39 is 0 Å². The summed E-state index contributed by atoms with van der Waals surface area (Å²) in [6, 6.07) is 51.6. The van der Waals surface area contributed by atoms with E-state index in [-0.39, 0.29) is 0 Å². The number of allylic oxidation sites excluding steroid dienone is 5. The fourth-order valence-corrected chi connectivity index (χ4v) is 5.30. The molecular formula is C40H32. The van der Waals surface area contributed by atoms with Crippen molar-refractivity contribution in [3.8, 4) is 0 Å². The Hall–Kier alpha value is -4.94. The van der Waals surface area contributed by atoms with Gasteiger partial charge in [0.05, 0.1) is 0 Å². The van der Waals surface area contributed by atoms with Crippen LogP contribution in [0.25, 0.3) is 22.8 Å². The highest BCUT2D eigenvalue weighted by atomic mass is 14.2. The van der Waals surface area contributed by atoms with Crippen LogP contribution in [0.15, 0.2) is 169 Å².